The van der Waals surface area contributed by atoms with Crippen molar-refractivity contribution in [1.29, 1.82) is 0 Å². The third-order valence-corrected chi connectivity index (χ3v) is 4.92. The van der Waals surface area contributed by atoms with Gasteiger partial charge < -0.3 is 19.5 Å². The number of aliphatic imine (C=N–C) groups is 1. The van der Waals surface area contributed by atoms with Crippen molar-refractivity contribution in [1.82, 2.24) is 19.4 Å². The zero-order chi connectivity index (χ0) is 17.1. The smallest absolute Gasteiger partial charge is 0.356 e. The van der Waals surface area contributed by atoms with Crippen molar-refractivity contribution in [2.75, 3.05) is 13.1 Å². The van der Waals surface area contributed by atoms with Crippen LogP contribution in [0.25, 0.3) is 0 Å². The molecular formula is C15H17F2N5O2. The third-order valence-electron chi connectivity index (χ3n) is 4.92. The van der Waals surface area contributed by atoms with Gasteiger partial charge >= 0.3 is 5.97 Å². The van der Waals surface area contributed by atoms with E-state index in [9.17, 15) is 13.6 Å². The van der Waals surface area contributed by atoms with Crippen LogP contribution in [0, 0.1) is 11.8 Å². The Kier molecular flexibility index (Phi) is 3.16. The Bertz CT molecular complexity index is 730. The van der Waals surface area contributed by atoms with E-state index >= 15 is 0 Å². The molecule has 1 saturated carbocycles. The first-order valence-electron chi connectivity index (χ1n) is 7.76. The van der Waals surface area contributed by atoms with Crippen LogP contribution in [0.1, 0.15) is 17.4 Å². The number of nitrogens with zero attached hydrogens (tertiary/aromatic N) is 5. The van der Waals surface area contributed by atoms with Crippen LogP contribution < -0.4 is 0 Å². The largest absolute Gasteiger partial charge is 0.476 e. The van der Waals surface area contributed by atoms with Gasteiger partial charge in [-0.05, 0) is 13.0 Å². The van der Waals surface area contributed by atoms with E-state index in [1.54, 1.807) is 4.57 Å². The zero-order valence-corrected chi connectivity index (χ0v) is 13.0. The normalized spacial score (nSPS) is 30.3. The van der Waals surface area contributed by atoms with Gasteiger partial charge in [0.1, 0.15) is 12.0 Å². The minimum Gasteiger partial charge on any atom is -0.476 e. The van der Waals surface area contributed by atoms with Gasteiger partial charge in [0.2, 0.25) is 0 Å². The quantitative estimate of drug-likeness (QED) is 0.900. The number of amidine groups is 1. The second kappa shape index (κ2) is 5.02. The van der Waals surface area contributed by atoms with Gasteiger partial charge in [0.15, 0.2) is 5.69 Å². The second-order valence-corrected chi connectivity index (χ2v) is 6.46. The number of fused-ring (bicyclic) bond motifs is 1. The van der Waals surface area contributed by atoms with Crippen LogP contribution in [-0.2, 0) is 6.67 Å². The van der Waals surface area contributed by atoms with E-state index in [0.717, 1.165) is 5.84 Å². The molecule has 3 aliphatic rings. The maximum absolute atomic E-state index is 13.3. The molecule has 1 aromatic heterocycles. The summed E-state index contributed by atoms with van der Waals surface area (Å²) in [4.78, 5) is 23.1. The third kappa shape index (κ3) is 2.35. The SMILES string of the molecule is CC1N=C(N2CC3C(C2)C3(F)F)C=CN1Cn1cnc(C(=O)O)c1. The molecule has 9 heteroatoms. The van der Waals surface area contributed by atoms with Gasteiger partial charge in [-0.15, -0.1) is 0 Å². The van der Waals surface area contributed by atoms with Crippen molar-refractivity contribution in [2.24, 2.45) is 16.8 Å². The summed E-state index contributed by atoms with van der Waals surface area (Å²) in [5.41, 5.74) is -0.00921. The average Bonchev–Trinajstić information content (AvgIpc) is 3.00. The molecule has 0 radical (unpaired) electrons. The highest BCUT2D eigenvalue weighted by molar-refractivity contribution is 5.94. The minimum atomic E-state index is -2.49. The molecule has 0 amide bonds. The van der Waals surface area contributed by atoms with Crippen molar-refractivity contribution in [3.8, 4) is 0 Å². The number of halogens is 2. The molecule has 24 heavy (non-hydrogen) atoms. The van der Waals surface area contributed by atoms with Crippen molar-refractivity contribution in [3.63, 3.8) is 0 Å². The summed E-state index contributed by atoms with van der Waals surface area (Å²) in [5, 5.41) is 8.89. The molecule has 128 valence electrons. The fourth-order valence-electron chi connectivity index (χ4n) is 3.38. The number of piperidine rings is 1. The molecule has 1 aromatic rings. The first-order chi connectivity index (χ1) is 11.4. The lowest BCUT2D eigenvalue weighted by Gasteiger charge is -2.32. The van der Waals surface area contributed by atoms with Crippen LogP contribution >= 0.6 is 0 Å². The molecule has 4 rings (SSSR count). The molecule has 0 spiro atoms. The summed E-state index contributed by atoms with van der Waals surface area (Å²) >= 11 is 0. The number of hydrogen-bond acceptors (Lipinski definition) is 5. The number of imidazole rings is 1. The van der Waals surface area contributed by atoms with Crippen LogP contribution in [0.3, 0.4) is 0 Å². The topological polar surface area (TPSA) is 74.0 Å². The van der Waals surface area contributed by atoms with Gasteiger partial charge in [-0.25, -0.2) is 23.6 Å². The number of rotatable bonds is 3. The summed E-state index contributed by atoms with van der Waals surface area (Å²) in [6.07, 6.45) is 6.42. The zero-order valence-electron chi connectivity index (χ0n) is 13.0. The monoisotopic (exact) mass is 337 g/mol. The van der Waals surface area contributed by atoms with E-state index < -0.39 is 23.7 Å². The molecule has 3 heterocycles. The highest BCUT2D eigenvalue weighted by atomic mass is 19.3. The van der Waals surface area contributed by atoms with Crippen molar-refractivity contribution in [2.45, 2.75) is 25.7 Å². The van der Waals surface area contributed by atoms with Crippen LogP contribution in [0.5, 0.6) is 0 Å². The van der Waals surface area contributed by atoms with Gasteiger partial charge in [0, 0.05) is 25.5 Å². The highest BCUT2D eigenvalue weighted by Gasteiger charge is 2.71. The van der Waals surface area contributed by atoms with Gasteiger partial charge in [-0.1, -0.05) is 0 Å². The second-order valence-electron chi connectivity index (χ2n) is 6.46. The van der Waals surface area contributed by atoms with Crippen molar-refractivity contribution >= 4 is 11.8 Å². The number of aromatic carboxylic acids is 1. The van der Waals surface area contributed by atoms with Gasteiger partial charge in [-0.3, -0.25) is 0 Å². The van der Waals surface area contributed by atoms with E-state index in [1.165, 1.54) is 12.5 Å². The summed E-state index contributed by atoms with van der Waals surface area (Å²) < 4.78 is 28.2. The van der Waals surface area contributed by atoms with Crippen molar-refractivity contribution in [3.05, 3.63) is 30.5 Å². The molecule has 2 aliphatic heterocycles. The van der Waals surface area contributed by atoms with Gasteiger partial charge in [0.25, 0.3) is 5.92 Å². The highest BCUT2D eigenvalue weighted by Crippen LogP contribution is 2.59. The minimum absolute atomic E-state index is 0.00921. The molecule has 1 saturated heterocycles. The molecular weight excluding hydrogens is 320 g/mol. The van der Waals surface area contributed by atoms with Gasteiger partial charge in [-0.2, -0.15) is 0 Å². The van der Waals surface area contributed by atoms with Crippen molar-refractivity contribution < 1.29 is 18.7 Å². The lowest BCUT2D eigenvalue weighted by Crippen LogP contribution is -2.39. The van der Waals surface area contributed by atoms with E-state index in [-0.39, 0.29) is 11.9 Å². The number of carboxylic acid groups (broad SMARTS) is 1. The van der Waals surface area contributed by atoms with Crippen LogP contribution in [0.4, 0.5) is 8.78 Å². The molecule has 3 atom stereocenters. The molecule has 0 bridgehead atoms. The molecule has 3 unspecified atom stereocenters. The van der Waals surface area contributed by atoms with Gasteiger partial charge in [0.05, 0.1) is 24.8 Å². The molecule has 7 nitrogen and oxygen atoms in total. The Balaban J connectivity index is 1.39. The number of hydrogen-bond donors (Lipinski definition) is 1. The molecule has 2 fully saturated rings. The number of alkyl halides is 2. The Morgan fingerprint density at radius 3 is 2.71 bits per heavy atom. The summed E-state index contributed by atoms with van der Waals surface area (Å²) in [7, 11) is 0. The Labute approximate surface area is 136 Å². The predicted octanol–water partition coefficient (Wildman–Crippen LogP) is 1.31. The number of carboxylic acids is 1. The maximum Gasteiger partial charge on any atom is 0.356 e. The van der Waals surface area contributed by atoms with E-state index in [2.05, 4.69) is 9.98 Å². The Hall–Kier alpha value is -2.45. The maximum atomic E-state index is 13.3. The van der Waals surface area contributed by atoms with E-state index in [1.807, 2.05) is 29.0 Å². The first kappa shape index (κ1) is 15.1. The molecule has 1 N–H and O–H groups in total. The Morgan fingerprint density at radius 1 is 1.42 bits per heavy atom. The van der Waals surface area contributed by atoms with Crippen LogP contribution in [-0.4, -0.2) is 61.4 Å². The molecule has 1 aliphatic carbocycles. The molecule has 0 aromatic carbocycles. The lowest BCUT2D eigenvalue weighted by molar-refractivity contribution is 0.0642. The number of aromatic nitrogens is 2. The summed E-state index contributed by atoms with van der Waals surface area (Å²) in [5.74, 6) is -3.87. The van der Waals surface area contributed by atoms with Crippen LogP contribution in [0.15, 0.2) is 29.8 Å². The fraction of sp³-hybridized carbons (Fsp3) is 0.533. The lowest BCUT2D eigenvalue weighted by atomic mass is 10.3. The van der Waals surface area contributed by atoms with E-state index in [4.69, 9.17) is 5.11 Å². The summed E-state index contributed by atoms with van der Waals surface area (Å²) in [6.45, 7) is 3.04. The summed E-state index contributed by atoms with van der Waals surface area (Å²) in [6, 6.07) is 0. The Morgan fingerprint density at radius 2 is 2.12 bits per heavy atom. The average molecular weight is 337 g/mol. The number of likely N-dealkylation sites (tertiary alicyclic amines) is 1. The van der Waals surface area contributed by atoms with E-state index in [0.29, 0.717) is 19.8 Å². The standard InChI is InChI=1S/C15H17F2N5O2/c1-9-19-13(22-4-10-11(5-22)15(10,16)17)2-3-21(9)8-20-6-12(14(23)24)18-7-20/h2-3,6-7,9-11H,4-5,8H2,1H3,(H,23,24). The predicted molar refractivity (Wildman–Crippen MR) is 80.6 cm³/mol. The van der Waals surface area contributed by atoms with Crippen LogP contribution in [0.2, 0.25) is 0 Å². The fourth-order valence-corrected chi connectivity index (χ4v) is 3.38. The first-order valence-corrected chi connectivity index (χ1v) is 7.76. The number of carbonyl (C=O) groups is 1.